The fourth-order valence-corrected chi connectivity index (χ4v) is 4.33. The Bertz CT molecular complexity index is 1100. The van der Waals surface area contributed by atoms with E-state index in [-0.39, 0.29) is 6.54 Å². The van der Waals surface area contributed by atoms with Gasteiger partial charge in [-0.2, -0.15) is 13.1 Å². The number of carbonyl (C=O) groups excluding carboxylic acids is 1. The normalized spacial score (nSPS) is 11.4. The van der Waals surface area contributed by atoms with Crippen molar-refractivity contribution in [2.24, 2.45) is 0 Å². The van der Waals surface area contributed by atoms with E-state index in [0.29, 0.717) is 11.6 Å². The number of amides is 1. The molecule has 0 unspecified atom stereocenters. The standard InChI is InChI=1S/C21H23N3O4S2/c1-15-8-10-17(11-9-15)12-19-16(2)23-21(29-19)24-20(25)14-28-30(26,27)22-13-18-6-4-3-5-7-18/h3-11,22H,12-14H2,1-2H3,(H,23,24,25). The van der Waals surface area contributed by atoms with E-state index >= 15 is 0 Å². The van der Waals surface area contributed by atoms with Crippen molar-refractivity contribution in [3.05, 3.63) is 81.9 Å². The maximum absolute atomic E-state index is 12.1. The van der Waals surface area contributed by atoms with Gasteiger partial charge in [-0.25, -0.2) is 9.17 Å². The fourth-order valence-electron chi connectivity index (χ4n) is 2.63. The first-order chi connectivity index (χ1) is 14.3. The van der Waals surface area contributed by atoms with Crippen LogP contribution < -0.4 is 10.0 Å². The molecule has 1 heterocycles. The highest BCUT2D eigenvalue weighted by Crippen LogP contribution is 2.25. The van der Waals surface area contributed by atoms with E-state index in [4.69, 9.17) is 4.18 Å². The van der Waals surface area contributed by atoms with Gasteiger partial charge in [-0.05, 0) is 25.0 Å². The molecule has 0 aliphatic rings. The van der Waals surface area contributed by atoms with Gasteiger partial charge in [0.05, 0.1) is 5.69 Å². The number of nitrogens with one attached hydrogen (secondary N) is 2. The highest BCUT2D eigenvalue weighted by Gasteiger charge is 2.16. The third-order valence-corrected chi connectivity index (χ3v) is 6.26. The Kier molecular flexibility index (Phi) is 7.33. The second-order valence-electron chi connectivity index (χ2n) is 6.76. The second kappa shape index (κ2) is 9.94. The predicted molar refractivity (Wildman–Crippen MR) is 118 cm³/mol. The Hall–Kier alpha value is -2.59. The van der Waals surface area contributed by atoms with Gasteiger partial charge in [0.1, 0.15) is 6.61 Å². The number of rotatable bonds is 9. The summed E-state index contributed by atoms with van der Waals surface area (Å²) in [6.07, 6.45) is 0.716. The van der Waals surface area contributed by atoms with Gasteiger partial charge < -0.3 is 0 Å². The number of aromatic nitrogens is 1. The van der Waals surface area contributed by atoms with Crippen LogP contribution in [0.15, 0.2) is 54.6 Å². The third-order valence-electron chi connectivity index (χ3n) is 4.27. The summed E-state index contributed by atoms with van der Waals surface area (Å²) in [5.41, 5.74) is 3.97. The lowest BCUT2D eigenvalue weighted by Crippen LogP contribution is -2.29. The van der Waals surface area contributed by atoms with Gasteiger partial charge in [0.15, 0.2) is 5.13 Å². The maximum atomic E-state index is 12.1. The molecule has 1 aromatic heterocycles. The van der Waals surface area contributed by atoms with Crippen LogP contribution in [0, 0.1) is 13.8 Å². The Morgan fingerprint density at radius 3 is 2.43 bits per heavy atom. The lowest BCUT2D eigenvalue weighted by atomic mass is 10.1. The van der Waals surface area contributed by atoms with Crippen molar-refractivity contribution in [1.29, 1.82) is 0 Å². The molecule has 9 heteroatoms. The minimum atomic E-state index is -4.04. The summed E-state index contributed by atoms with van der Waals surface area (Å²) >= 11 is 1.36. The summed E-state index contributed by atoms with van der Waals surface area (Å²) in [6.45, 7) is 3.37. The van der Waals surface area contributed by atoms with Crippen molar-refractivity contribution < 1.29 is 17.4 Å². The molecule has 0 atom stereocenters. The summed E-state index contributed by atoms with van der Waals surface area (Å²) in [6, 6.07) is 17.3. The van der Waals surface area contributed by atoms with Gasteiger partial charge in [-0.1, -0.05) is 60.2 Å². The topological polar surface area (TPSA) is 97.4 Å². The molecule has 3 aromatic rings. The molecule has 0 fully saturated rings. The number of anilines is 1. The molecule has 2 N–H and O–H groups in total. The van der Waals surface area contributed by atoms with Crippen molar-refractivity contribution >= 4 is 32.7 Å². The van der Waals surface area contributed by atoms with Crippen molar-refractivity contribution in [2.45, 2.75) is 26.8 Å². The molecule has 0 saturated carbocycles. The van der Waals surface area contributed by atoms with Gasteiger partial charge in [-0.3, -0.25) is 10.1 Å². The summed E-state index contributed by atoms with van der Waals surface area (Å²) in [5.74, 6) is -0.587. The first kappa shape index (κ1) is 22.1. The summed E-state index contributed by atoms with van der Waals surface area (Å²) < 4.78 is 30.9. The van der Waals surface area contributed by atoms with Crippen molar-refractivity contribution in [3.63, 3.8) is 0 Å². The monoisotopic (exact) mass is 445 g/mol. The van der Waals surface area contributed by atoms with E-state index in [1.165, 1.54) is 16.9 Å². The average molecular weight is 446 g/mol. The minimum absolute atomic E-state index is 0.0822. The smallest absolute Gasteiger partial charge is 0.300 e. The molecule has 30 heavy (non-hydrogen) atoms. The van der Waals surface area contributed by atoms with Crippen LogP contribution in [0.25, 0.3) is 0 Å². The van der Waals surface area contributed by atoms with Gasteiger partial charge in [0.2, 0.25) is 0 Å². The molecule has 7 nitrogen and oxygen atoms in total. The van der Waals surface area contributed by atoms with Crippen LogP contribution in [-0.4, -0.2) is 25.9 Å². The van der Waals surface area contributed by atoms with Crippen molar-refractivity contribution in [1.82, 2.24) is 9.71 Å². The highest BCUT2D eigenvalue weighted by molar-refractivity contribution is 7.84. The first-order valence-corrected chi connectivity index (χ1v) is 11.5. The number of hydrogen-bond donors (Lipinski definition) is 2. The van der Waals surface area contributed by atoms with E-state index in [2.05, 4.69) is 39.3 Å². The van der Waals surface area contributed by atoms with Crippen molar-refractivity contribution in [3.8, 4) is 0 Å². The molecule has 1 amide bonds. The number of hydrogen-bond acceptors (Lipinski definition) is 6. The van der Waals surface area contributed by atoms with E-state index < -0.39 is 22.8 Å². The average Bonchev–Trinajstić information content (AvgIpc) is 3.06. The lowest BCUT2D eigenvalue weighted by Gasteiger charge is -2.07. The molecular formula is C21H23N3O4S2. The minimum Gasteiger partial charge on any atom is -0.300 e. The van der Waals surface area contributed by atoms with Gasteiger partial charge >= 0.3 is 10.3 Å². The number of benzene rings is 2. The molecule has 0 radical (unpaired) electrons. The van der Waals surface area contributed by atoms with Gasteiger partial charge in [0, 0.05) is 17.8 Å². The molecule has 0 saturated heterocycles. The molecule has 0 aliphatic carbocycles. The Labute approximate surface area is 180 Å². The molecular weight excluding hydrogens is 422 g/mol. The molecule has 0 aliphatic heterocycles. The lowest BCUT2D eigenvalue weighted by molar-refractivity contribution is -0.118. The number of thiazole rings is 1. The number of nitrogens with zero attached hydrogens (tertiary/aromatic N) is 1. The van der Waals surface area contributed by atoms with Crippen LogP contribution in [0.5, 0.6) is 0 Å². The second-order valence-corrected chi connectivity index (χ2v) is 9.28. The molecule has 2 aromatic carbocycles. The quantitative estimate of drug-likeness (QED) is 0.526. The molecule has 158 valence electrons. The van der Waals surface area contributed by atoms with Crippen LogP contribution in [-0.2, 0) is 32.2 Å². The third kappa shape index (κ3) is 6.74. The zero-order valence-corrected chi connectivity index (χ0v) is 18.3. The Balaban J connectivity index is 1.50. The summed E-state index contributed by atoms with van der Waals surface area (Å²) in [4.78, 5) is 17.5. The van der Waals surface area contributed by atoms with Crippen LogP contribution in [0.3, 0.4) is 0 Å². The number of carbonyl (C=O) groups is 1. The van der Waals surface area contributed by atoms with Crippen LogP contribution >= 0.6 is 11.3 Å². The van der Waals surface area contributed by atoms with E-state index in [1.54, 1.807) is 24.3 Å². The highest BCUT2D eigenvalue weighted by atomic mass is 32.2. The van der Waals surface area contributed by atoms with E-state index in [1.807, 2.05) is 19.9 Å². The van der Waals surface area contributed by atoms with Crippen molar-refractivity contribution in [2.75, 3.05) is 11.9 Å². The first-order valence-electron chi connectivity index (χ1n) is 9.30. The predicted octanol–water partition coefficient (Wildman–Crippen LogP) is 3.34. The molecule has 0 bridgehead atoms. The Morgan fingerprint density at radius 2 is 1.73 bits per heavy atom. The maximum Gasteiger partial charge on any atom is 0.336 e. The van der Waals surface area contributed by atoms with Crippen LogP contribution in [0.2, 0.25) is 0 Å². The fraction of sp³-hybridized carbons (Fsp3) is 0.238. The Morgan fingerprint density at radius 1 is 1.03 bits per heavy atom. The van der Waals surface area contributed by atoms with E-state index in [0.717, 1.165) is 21.7 Å². The van der Waals surface area contributed by atoms with Gasteiger partial charge in [0.25, 0.3) is 5.91 Å². The SMILES string of the molecule is Cc1ccc(Cc2sc(NC(=O)COS(=O)(=O)NCc3ccccc3)nc2C)cc1. The number of aryl methyl sites for hydroxylation is 2. The zero-order valence-electron chi connectivity index (χ0n) is 16.7. The van der Waals surface area contributed by atoms with Crippen LogP contribution in [0.4, 0.5) is 5.13 Å². The van der Waals surface area contributed by atoms with Gasteiger partial charge in [-0.15, -0.1) is 11.3 Å². The molecule has 3 rings (SSSR count). The molecule has 0 spiro atoms. The summed E-state index contributed by atoms with van der Waals surface area (Å²) in [5, 5.41) is 3.01. The van der Waals surface area contributed by atoms with E-state index in [9.17, 15) is 13.2 Å². The zero-order chi connectivity index (χ0) is 21.6. The largest absolute Gasteiger partial charge is 0.336 e. The van der Waals surface area contributed by atoms with Crippen LogP contribution in [0.1, 0.15) is 27.3 Å². The summed E-state index contributed by atoms with van der Waals surface area (Å²) in [7, 11) is -4.04.